The number of rotatable bonds is 4. The maximum absolute atomic E-state index is 5.52. The summed E-state index contributed by atoms with van der Waals surface area (Å²) < 4.78 is 5.52. The summed E-state index contributed by atoms with van der Waals surface area (Å²) in [7, 11) is 0. The van der Waals surface area contributed by atoms with Crippen molar-refractivity contribution >= 4 is 5.82 Å². The lowest BCUT2D eigenvalue weighted by atomic mass is 10.0. The molecule has 0 spiro atoms. The molecule has 2 aliphatic rings. The van der Waals surface area contributed by atoms with E-state index in [1.165, 1.54) is 5.56 Å². The normalized spacial score (nSPS) is 18.0. The monoisotopic (exact) mass is 337 g/mol. The van der Waals surface area contributed by atoms with Crippen molar-refractivity contribution in [2.75, 3.05) is 44.3 Å². The highest BCUT2D eigenvalue weighted by Crippen LogP contribution is 2.29. The van der Waals surface area contributed by atoms with Gasteiger partial charge in [-0.05, 0) is 12.1 Å². The maximum Gasteiger partial charge on any atom is 0.163 e. The zero-order valence-corrected chi connectivity index (χ0v) is 14.4. The SMILES string of the molecule is C=CCN1CCc2nc(-c3cccnc3)nc(N3CCOCC3)c2C1. The van der Waals surface area contributed by atoms with Gasteiger partial charge in [-0.15, -0.1) is 6.58 Å². The lowest BCUT2D eigenvalue weighted by Gasteiger charge is -2.34. The second-order valence-electron chi connectivity index (χ2n) is 6.41. The van der Waals surface area contributed by atoms with Gasteiger partial charge in [0.25, 0.3) is 0 Å². The molecule has 130 valence electrons. The molecule has 0 N–H and O–H groups in total. The number of nitrogens with zero attached hydrogens (tertiary/aromatic N) is 5. The highest BCUT2D eigenvalue weighted by Gasteiger charge is 2.26. The van der Waals surface area contributed by atoms with Crippen LogP contribution < -0.4 is 4.90 Å². The quantitative estimate of drug-likeness (QED) is 0.795. The van der Waals surface area contributed by atoms with Crippen LogP contribution in [0.5, 0.6) is 0 Å². The highest BCUT2D eigenvalue weighted by molar-refractivity contribution is 5.60. The number of ether oxygens (including phenoxy) is 1. The van der Waals surface area contributed by atoms with Crippen LogP contribution in [-0.4, -0.2) is 59.2 Å². The topological polar surface area (TPSA) is 54.4 Å². The van der Waals surface area contributed by atoms with Crippen LogP contribution in [0.2, 0.25) is 0 Å². The molecule has 0 unspecified atom stereocenters. The van der Waals surface area contributed by atoms with Gasteiger partial charge in [-0.1, -0.05) is 6.08 Å². The second kappa shape index (κ2) is 7.29. The number of aromatic nitrogens is 3. The molecule has 0 saturated carbocycles. The molecule has 2 aromatic rings. The van der Waals surface area contributed by atoms with Crippen LogP contribution in [0.15, 0.2) is 37.2 Å². The van der Waals surface area contributed by atoms with Crippen LogP contribution in [0.25, 0.3) is 11.4 Å². The Morgan fingerprint density at radius 3 is 2.84 bits per heavy atom. The largest absolute Gasteiger partial charge is 0.378 e. The second-order valence-corrected chi connectivity index (χ2v) is 6.41. The zero-order chi connectivity index (χ0) is 17.1. The average molecular weight is 337 g/mol. The minimum Gasteiger partial charge on any atom is -0.378 e. The van der Waals surface area contributed by atoms with E-state index < -0.39 is 0 Å². The fraction of sp³-hybridized carbons (Fsp3) is 0.421. The van der Waals surface area contributed by atoms with E-state index in [9.17, 15) is 0 Å². The summed E-state index contributed by atoms with van der Waals surface area (Å²) in [6.45, 7) is 9.89. The summed E-state index contributed by atoms with van der Waals surface area (Å²) in [4.78, 5) is 18.8. The van der Waals surface area contributed by atoms with Crippen LogP contribution in [0.4, 0.5) is 5.82 Å². The molecule has 0 aliphatic carbocycles. The van der Waals surface area contributed by atoms with Gasteiger partial charge in [-0.25, -0.2) is 9.97 Å². The van der Waals surface area contributed by atoms with E-state index in [0.717, 1.165) is 75.3 Å². The summed E-state index contributed by atoms with van der Waals surface area (Å²) in [5.74, 6) is 1.83. The number of hydrogen-bond acceptors (Lipinski definition) is 6. The maximum atomic E-state index is 5.52. The van der Waals surface area contributed by atoms with E-state index in [1.54, 1.807) is 6.20 Å². The molecule has 25 heavy (non-hydrogen) atoms. The molecule has 6 nitrogen and oxygen atoms in total. The molecule has 1 saturated heterocycles. The molecule has 0 bridgehead atoms. The smallest absolute Gasteiger partial charge is 0.163 e. The minimum atomic E-state index is 0.747. The van der Waals surface area contributed by atoms with Gasteiger partial charge in [0.05, 0.1) is 18.9 Å². The Morgan fingerprint density at radius 2 is 2.08 bits per heavy atom. The number of pyridine rings is 1. The summed E-state index contributed by atoms with van der Waals surface area (Å²) in [6, 6.07) is 3.95. The third-order valence-electron chi connectivity index (χ3n) is 4.74. The molecule has 2 aliphatic heterocycles. The van der Waals surface area contributed by atoms with Crippen LogP contribution in [0.3, 0.4) is 0 Å². The van der Waals surface area contributed by atoms with Crippen molar-refractivity contribution in [3.8, 4) is 11.4 Å². The van der Waals surface area contributed by atoms with Gasteiger partial charge >= 0.3 is 0 Å². The number of hydrogen-bond donors (Lipinski definition) is 0. The summed E-state index contributed by atoms with van der Waals surface area (Å²) in [5, 5.41) is 0. The first-order valence-corrected chi connectivity index (χ1v) is 8.81. The molecule has 0 atom stereocenters. The third-order valence-corrected chi connectivity index (χ3v) is 4.74. The van der Waals surface area contributed by atoms with E-state index in [1.807, 2.05) is 24.4 Å². The molecule has 2 aromatic heterocycles. The standard InChI is InChI=1S/C19H23N5O/c1-2-7-23-8-5-17-16(14-23)19(24-9-11-25-12-10-24)22-18(21-17)15-4-3-6-20-13-15/h2-4,6,13H,1,5,7-12,14H2. The molecule has 0 aromatic carbocycles. The molecule has 0 radical (unpaired) electrons. The Morgan fingerprint density at radius 1 is 1.20 bits per heavy atom. The van der Waals surface area contributed by atoms with E-state index >= 15 is 0 Å². The van der Waals surface area contributed by atoms with Crippen molar-refractivity contribution in [3.63, 3.8) is 0 Å². The first-order chi connectivity index (χ1) is 12.3. The van der Waals surface area contributed by atoms with E-state index in [4.69, 9.17) is 14.7 Å². The zero-order valence-electron chi connectivity index (χ0n) is 14.4. The molecule has 4 rings (SSSR count). The lowest BCUT2D eigenvalue weighted by Crippen LogP contribution is -2.40. The highest BCUT2D eigenvalue weighted by atomic mass is 16.5. The van der Waals surface area contributed by atoms with Gasteiger partial charge in [0.1, 0.15) is 5.82 Å². The fourth-order valence-electron chi connectivity index (χ4n) is 3.45. The van der Waals surface area contributed by atoms with E-state index in [0.29, 0.717) is 0 Å². The molecule has 1 fully saturated rings. The van der Waals surface area contributed by atoms with Gasteiger partial charge in [0, 0.05) is 62.7 Å². The van der Waals surface area contributed by atoms with Crippen molar-refractivity contribution in [3.05, 3.63) is 48.4 Å². The van der Waals surface area contributed by atoms with Gasteiger partial charge in [-0.2, -0.15) is 0 Å². The Labute approximate surface area is 148 Å². The predicted octanol–water partition coefficient (Wildman–Crippen LogP) is 1.92. The van der Waals surface area contributed by atoms with Crippen LogP contribution in [0.1, 0.15) is 11.3 Å². The summed E-state index contributed by atoms with van der Waals surface area (Å²) in [5.41, 5.74) is 3.38. The first kappa shape index (κ1) is 16.2. The average Bonchev–Trinajstić information content (AvgIpc) is 2.69. The molecule has 4 heterocycles. The molecular formula is C19H23N5O. The van der Waals surface area contributed by atoms with Gasteiger partial charge < -0.3 is 9.64 Å². The fourth-order valence-corrected chi connectivity index (χ4v) is 3.45. The van der Waals surface area contributed by atoms with Crippen LogP contribution >= 0.6 is 0 Å². The minimum absolute atomic E-state index is 0.747. The van der Waals surface area contributed by atoms with Crippen molar-refractivity contribution in [1.82, 2.24) is 19.9 Å². The Kier molecular flexibility index (Phi) is 4.72. The van der Waals surface area contributed by atoms with E-state index in [2.05, 4.69) is 21.4 Å². The lowest BCUT2D eigenvalue weighted by molar-refractivity contribution is 0.122. The molecule has 0 amide bonds. The number of morpholine rings is 1. The predicted molar refractivity (Wildman–Crippen MR) is 97.5 cm³/mol. The molecule has 6 heteroatoms. The van der Waals surface area contributed by atoms with Gasteiger partial charge in [0.15, 0.2) is 5.82 Å². The van der Waals surface area contributed by atoms with Gasteiger partial charge in [0.2, 0.25) is 0 Å². The van der Waals surface area contributed by atoms with Crippen molar-refractivity contribution in [2.45, 2.75) is 13.0 Å². The van der Waals surface area contributed by atoms with Crippen LogP contribution in [-0.2, 0) is 17.7 Å². The Hall–Kier alpha value is -2.31. The third kappa shape index (κ3) is 3.41. The summed E-state index contributed by atoms with van der Waals surface area (Å²) >= 11 is 0. The number of anilines is 1. The first-order valence-electron chi connectivity index (χ1n) is 8.81. The van der Waals surface area contributed by atoms with Gasteiger partial charge in [-0.3, -0.25) is 9.88 Å². The van der Waals surface area contributed by atoms with E-state index in [-0.39, 0.29) is 0 Å². The Balaban J connectivity index is 1.76. The van der Waals surface area contributed by atoms with Crippen LogP contribution in [0, 0.1) is 0 Å². The Bertz CT molecular complexity index is 743. The number of fused-ring (bicyclic) bond motifs is 1. The van der Waals surface area contributed by atoms with Crippen molar-refractivity contribution in [2.24, 2.45) is 0 Å². The van der Waals surface area contributed by atoms with Crippen molar-refractivity contribution in [1.29, 1.82) is 0 Å². The van der Waals surface area contributed by atoms with Crippen molar-refractivity contribution < 1.29 is 4.74 Å². The summed E-state index contributed by atoms with van der Waals surface area (Å²) in [6.07, 6.45) is 6.51. The molecular weight excluding hydrogens is 314 g/mol.